The van der Waals surface area contributed by atoms with Crippen molar-refractivity contribution >= 4 is 29.3 Å². The van der Waals surface area contributed by atoms with Crippen molar-refractivity contribution in [2.24, 2.45) is 0 Å². The van der Waals surface area contributed by atoms with Gasteiger partial charge in [-0.1, -0.05) is 6.92 Å². The first-order valence-electron chi connectivity index (χ1n) is 9.59. The molecule has 0 aliphatic carbocycles. The van der Waals surface area contributed by atoms with Crippen LogP contribution in [0, 0.1) is 10.1 Å². The van der Waals surface area contributed by atoms with E-state index in [9.17, 15) is 19.7 Å². The summed E-state index contributed by atoms with van der Waals surface area (Å²) in [5.41, 5.74) is 0.432. The highest BCUT2D eigenvalue weighted by Gasteiger charge is 2.44. The lowest BCUT2D eigenvalue weighted by atomic mass is 10.0. The number of hydrogen-bond acceptors (Lipinski definition) is 6. The number of nitro groups is 1. The normalized spacial score (nSPS) is 22.1. The van der Waals surface area contributed by atoms with Crippen molar-refractivity contribution in [3.05, 3.63) is 39.9 Å². The summed E-state index contributed by atoms with van der Waals surface area (Å²) in [5, 5.41) is 17.3. The van der Waals surface area contributed by atoms with E-state index >= 15 is 0 Å². The quantitative estimate of drug-likeness (QED) is 0.573. The smallest absolute Gasteiger partial charge is 0.269 e. The molecule has 1 spiro atoms. The first kappa shape index (κ1) is 20.6. The van der Waals surface area contributed by atoms with Crippen molar-refractivity contribution < 1.29 is 14.5 Å². The van der Waals surface area contributed by atoms with E-state index in [-0.39, 0.29) is 34.5 Å². The number of piperidine rings is 1. The molecule has 0 saturated carbocycles. The molecule has 1 aromatic rings. The monoisotopic (exact) mass is 406 g/mol. The number of non-ortho nitro benzene ring substituents is 1. The Kier molecular flexibility index (Phi) is 6.24. The van der Waals surface area contributed by atoms with Crippen LogP contribution in [0.3, 0.4) is 0 Å². The SMILES string of the molecule is CCC(C)NC(=O)C1CSC2(CCN(C(=O)c3ccc([N+](=O)[O-])cc3)CC2)N1. The van der Waals surface area contributed by atoms with Crippen molar-refractivity contribution in [1.29, 1.82) is 0 Å². The van der Waals surface area contributed by atoms with E-state index in [4.69, 9.17) is 0 Å². The van der Waals surface area contributed by atoms with E-state index < -0.39 is 4.92 Å². The first-order chi connectivity index (χ1) is 13.3. The van der Waals surface area contributed by atoms with Gasteiger partial charge in [0.15, 0.2) is 0 Å². The number of hydrogen-bond donors (Lipinski definition) is 2. The van der Waals surface area contributed by atoms with Crippen molar-refractivity contribution in [2.75, 3.05) is 18.8 Å². The maximum absolute atomic E-state index is 12.7. The van der Waals surface area contributed by atoms with Gasteiger partial charge >= 0.3 is 0 Å². The van der Waals surface area contributed by atoms with Crippen LogP contribution in [-0.2, 0) is 4.79 Å². The Morgan fingerprint density at radius 1 is 1.36 bits per heavy atom. The number of thioether (sulfide) groups is 1. The fourth-order valence-corrected chi connectivity index (χ4v) is 4.92. The van der Waals surface area contributed by atoms with Crippen LogP contribution in [0.15, 0.2) is 24.3 Å². The summed E-state index contributed by atoms with van der Waals surface area (Å²) in [6.45, 7) is 5.23. The number of likely N-dealkylation sites (tertiary alicyclic amines) is 1. The predicted molar refractivity (Wildman–Crippen MR) is 108 cm³/mol. The van der Waals surface area contributed by atoms with Crippen molar-refractivity contribution in [3.63, 3.8) is 0 Å². The summed E-state index contributed by atoms with van der Waals surface area (Å²) in [6.07, 6.45) is 2.43. The third-order valence-electron chi connectivity index (χ3n) is 5.46. The average Bonchev–Trinajstić information content (AvgIpc) is 3.11. The average molecular weight is 407 g/mol. The lowest BCUT2D eigenvalue weighted by Gasteiger charge is -2.39. The van der Waals surface area contributed by atoms with Crippen molar-refractivity contribution in [3.8, 4) is 0 Å². The highest BCUT2D eigenvalue weighted by molar-refractivity contribution is 8.01. The van der Waals surface area contributed by atoms with E-state index in [1.54, 1.807) is 16.7 Å². The zero-order valence-electron chi connectivity index (χ0n) is 16.1. The van der Waals surface area contributed by atoms with Gasteiger partial charge in [0.2, 0.25) is 5.91 Å². The van der Waals surface area contributed by atoms with Crippen LogP contribution in [0.5, 0.6) is 0 Å². The molecule has 2 aliphatic rings. The molecule has 0 bridgehead atoms. The number of nitrogens with zero attached hydrogens (tertiary/aromatic N) is 2. The van der Waals surface area contributed by atoms with Gasteiger partial charge in [0.25, 0.3) is 11.6 Å². The minimum absolute atomic E-state index is 0.0255. The van der Waals surface area contributed by atoms with Crippen LogP contribution < -0.4 is 10.6 Å². The van der Waals surface area contributed by atoms with Crippen LogP contribution >= 0.6 is 11.8 Å². The third-order valence-corrected chi connectivity index (χ3v) is 7.04. The summed E-state index contributed by atoms with van der Waals surface area (Å²) >= 11 is 1.77. The molecule has 2 saturated heterocycles. The van der Waals surface area contributed by atoms with E-state index in [1.165, 1.54) is 24.3 Å². The number of nitrogens with one attached hydrogen (secondary N) is 2. The van der Waals surface area contributed by atoms with Crippen molar-refractivity contribution in [2.45, 2.75) is 50.1 Å². The van der Waals surface area contributed by atoms with Gasteiger partial charge in [-0.3, -0.25) is 25.0 Å². The summed E-state index contributed by atoms with van der Waals surface area (Å²) in [7, 11) is 0. The second kappa shape index (κ2) is 8.48. The van der Waals surface area contributed by atoms with Crippen LogP contribution in [0.2, 0.25) is 0 Å². The van der Waals surface area contributed by atoms with Crippen LogP contribution in [-0.4, -0.2) is 57.4 Å². The molecule has 2 aliphatic heterocycles. The Bertz CT molecular complexity index is 747. The topological polar surface area (TPSA) is 105 Å². The van der Waals surface area contributed by atoms with E-state index in [0.29, 0.717) is 18.7 Å². The molecule has 2 unspecified atom stereocenters. The number of benzene rings is 1. The first-order valence-corrected chi connectivity index (χ1v) is 10.6. The van der Waals surface area contributed by atoms with Crippen LogP contribution in [0.25, 0.3) is 0 Å². The molecule has 2 amide bonds. The maximum Gasteiger partial charge on any atom is 0.269 e. The fraction of sp³-hybridized carbons (Fsp3) is 0.579. The Balaban J connectivity index is 1.55. The highest BCUT2D eigenvalue weighted by Crippen LogP contribution is 2.39. The van der Waals surface area contributed by atoms with Gasteiger partial charge in [-0.15, -0.1) is 11.8 Å². The molecular formula is C19H26N4O4S. The van der Waals surface area contributed by atoms with Gasteiger partial charge in [0.05, 0.1) is 15.8 Å². The van der Waals surface area contributed by atoms with Gasteiger partial charge < -0.3 is 10.2 Å². The largest absolute Gasteiger partial charge is 0.352 e. The minimum atomic E-state index is -0.476. The molecule has 2 atom stereocenters. The van der Waals surface area contributed by atoms with Crippen molar-refractivity contribution in [1.82, 2.24) is 15.5 Å². The zero-order chi connectivity index (χ0) is 20.3. The van der Waals surface area contributed by atoms with Gasteiger partial charge in [-0.05, 0) is 38.3 Å². The molecule has 152 valence electrons. The summed E-state index contributed by atoms with van der Waals surface area (Å²) in [5.74, 6) is 0.667. The molecule has 1 aromatic carbocycles. The molecule has 8 nitrogen and oxygen atoms in total. The summed E-state index contributed by atoms with van der Waals surface area (Å²) in [6, 6.07) is 5.68. The Hall–Kier alpha value is -2.13. The lowest BCUT2D eigenvalue weighted by Crippen LogP contribution is -2.55. The number of rotatable bonds is 5. The fourth-order valence-electron chi connectivity index (χ4n) is 3.50. The number of carbonyl (C=O) groups excluding carboxylic acids is 2. The molecule has 0 aromatic heterocycles. The zero-order valence-corrected chi connectivity index (χ0v) is 17.0. The number of nitro benzene ring substituents is 1. The van der Waals surface area contributed by atoms with E-state index in [1.807, 2.05) is 13.8 Å². The second-order valence-corrected chi connectivity index (χ2v) is 8.82. The number of carbonyl (C=O) groups is 2. The molecule has 0 radical (unpaired) electrons. The van der Waals surface area contributed by atoms with Gasteiger partial charge in [0.1, 0.15) is 0 Å². The van der Waals surface area contributed by atoms with Crippen LogP contribution in [0.1, 0.15) is 43.5 Å². The summed E-state index contributed by atoms with van der Waals surface area (Å²) < 4.78 is 0. The van der Waals surface area contributed by atoms with Crippen LogP contribution in [0.4, 0.5) is 5.69 Å². The molecule has 2 N–H and O–H groups in total. The Labute approximate surface area is 168 Å². The molecular weight excluding hydrogens is 380 g/mol. The Morgan fingerprint density at radius 3 is 2.57 bits per heavy atom. The van der Waals surface area contributed by atoms with E-state index in [2.05, 4.69) is 10.6 Å². The maximum atomic E-state index is 12.7. The Morgan fingerprint density at radius 2 is 2.00 bits per heavy atom. The molecule has 28 heavy (non-hydrogen) atoms. The molecule has 3 rings (SSSR count). The molecule has 2 fully saturated rings. The predicted octanol–water partition coefficient (Wildman–Crippen LogP) is 2.15. The summed E-state index contributed by atoms with van der Waals surface area (Å²) in [4.78, 5) is 36.9. The molecule has 9 heteroatoms. The highest BCUT2D eigenvalue weighted by atomic mass is 32.2. The number of amides is 2. The lowest BCUT2D eigenvalue weighted by molar-refractivity contribution is -0.384. The standard InChI is InChI=1S/C19H26N4O4S/c1-3-13(2)20-17(24)16-12-28-19(21-16)8-10-22(11-9-19)18(25)14-4-6-15(7-5-14)23(26)27/h4-7,13,16,21H,3,8-12H2,1-2H3,(H,20,24). The second-order valence-electron chi connectivity index (χ2n) is 7.42. The minimum Gasteiger partial charge on any atom is -0.352 e. The third kappa shape index (κ3) is 4.47. The van der Waals surface area contributed by atoms with Gasteiger partial charge in [0, 0.05) is 42.6 Å². The van der Waals surface area contributed by atoms with Gasteiger partial charge in [-0.2, -0.15) is 0 Å². The van der Waals surface area contributed by atoms with E-state index in [0.717, 1.165) is 25.0 Å². The molecule has 2 heterocycles. The van der Waals surface area contributed by atoms with Gasteiger partial charge in [-0.25, -0.2) is 0 Å².